The zero-order chi connectivity index (χ0) is 8.11. The molecule has 2 aliphatic rings. The van der Waals surface area contributed by atoms with Crippen molar-refractivity contribution < 1.29 is 0 Å². The topological polar surface area (TPSA) is 26.0 Å². The fraction of sp³-hybridized carbons (Fsp3) is 0.800. The fourth-order valence-corrected chi connectivity index (χ4v) is 2.37. The summed E-state index contributed by atoms with van der Waals surface area (Å²) in [5.74, 6) is 0. The van der Waals surface area contributed by atoms with E-state index in [0.29, 0.717) is 17.4 Å². The largest absolute Gasteiger partial charge is 0.327 e. The zero-order valence-corrected chi connectivity index (χ0v) is 7.32. The first kappa shape index (κ1) is 7.35. The molecule has 2 rings (SSSR count). The minimum absolute atomic E-state index is 0.488. The first-order chi connectivity index (χ1) is 5.15. The summed E-state index contributed by atoms with van der Waals surface area (Å²) < 4.78 is 0. The van der Waals surface area contributed by atoms with Crippen molar-refractivity contribution in [2.24, 2.45) is 16.6 Å². The Labute approximate surface area is 68.7 Å². The Morgan fingerprint density at radius 2 is 1.91 bits per heavy atom. The number of nitrogens with two attached hydrogens (primary N) is 1. The van der Waals surface area contributed by atoms with Crippen molar-refractivity contribution in [2.75, 3.05) is 6.54 Å². The van der Waals surface area contributed by atoms with Gasteiger partial charge in [0.25, 0.3) is 0 Å². The predicted octanol–water partition coefficient (Wildman–Crippen LogP) is 2.08. The molecule has 2 N–H and O–H groups in total. The highest BCUT2D eigenvalue weighted by molar-refractivity contribution is 5.28. The van der Waals surface area contributed by atoms with Crippen LogP contribution in [-0.4, -0.2) is 6.54 Å². The predicted molar refractivity (Wildman–Crippen MR) is 47.2 cm³/mol. The molecule has 2 saturated carbocycles. The summed E-state index contributed by atoms with van der Waals surface area (Å²) in [6, 6.07) is 0. The van der Waals surface area contributed by atoms with Gasteiger partial charge in [-0.1, -0.05) is 19.1 Å². The molecular formula is C10H17N. The lowest BCUT2D eigenvalue weighted by atomic mass is 9.81. The maximum atomic E-state index is 5.62. The van der Waals surface area contributed by atoms with Crippen LogP contribution < -0.4 is 5.73 Å². The Morgan fingerprint density at radius 3 is 2.18 bits per heavy atom. The second-order valence-electron chi connectivity index (χ2n) is 4.45. The quantitative estimate of drug-likeness (QED) is 0.614. The molecule has 0 unspecified atom stereocenters. The van der Waals surface area contributed by atoms with Gasteiger partial charge in [-0.15, -0.1) is 0 Å². The molecule has 0 saturated heterocycles. The molecule has 0 amide bonds. The summed E-state index contributed by atoms with van der Waals surface area (Å²) in [5.41, 5.74) is 8.01. The lowest BCUT2D eigenvalue weighted by Crippen LogP contribution is -2.21. The normalized spacial score (nSPS) is 29.6. The van der Waals surface area contributed by atoms with E-state index in [4.69, 9.17) is 5.73 Å². The van der Waals surface area contributed by atoms with E-state index >= 15 is 0 Å². The maximum Gasteiger partial charge on any atom is 0.0139 e. The minimum Gasteiger partial charge on any atom is -0.327 e. The second-order valence-corrected chi connectivity index (χ2v) is 4.45. The van der Waals surface area contributed by atoms with Gasteiger partial charge >= 0.3 is 0 Å². The van der Waals surface area contributed by atoms with Gasteiger partial charge in [0, 0.05) is 6.54 Å². The van der Waals surface area contributed by atoms with Gasteiger partial charge in [0.15, 0.2) is 0 Å². The number of hydrogen-bond acceptors (Lipinski definition) is 1. The van der Waals surface area contributed by atoms with Gasteiger partial charge in [-0.2, -0.15) is 0 Å². The van der Waals surface area contributed by atoms with Crippen LogP contribution in [0, 0.1) is 10.8 Å². The number of hydrogen-bond donors (Lipinski definition) is 1. The molecule has 0 radical (unpaired) electrons. The van der Waals surface area contributed by atoms with Crippen LogP contribution in [0.4, 0.5) is 0 Å². The van der Waals surface area contributed by atoms with E-state index in [0.717, 1.165) is 0 Å². The fourth-order valence-electron chi connectivity index (χ4n) is 2.37. The Bertz CT molecular complexity index is 197. The van der Waals surface area contributed by atoms with Gasteiger partial charge in [0.2, 0.25) is 0 Å². The van der Waals surface area contributed by atoms with Crippen molar-refractivity contribution in [1.82, 2.24) is 0 Å². The van der Waals surface area contributed by atoms with Crippen molar-refractivity contribution in [2.45, 2.75) is 32.6 Å². The lowest BCUT2D eigenvalue weighted by molar-refractivity contribution is 0.361. The number of rotatable bonds is 3. The molecule has 0 aromatic carbocycles. The van der Waals surface area contributed by atoms with E-state index in [2.05, 4.69) is 13.5 Å². The average molecular weight is 151 g/mol. The van der Waals surface area contributed by atoms with Crippen LogP contribution in [0.1, 0.15) is 32.6 Å². The summed E-state index contributed by atoms with van der Waals surface area (Å²) in [5, 5.41) is 0. The zero-order valence-electron chi connectivity index (χ0n) is 7.32. The second kappa shape index (κ2) is 1.89. The van der Waals surface area contributed by atoms with Crippen molar-refractivity contribution in [3.63, 3.8) is 0 Å². The van der Waals surface area contributed by atoms with Gasteiger partial charge in [-0.25, -0.2) is 0 Å². The van der Waals surface area contributed by atoms with Crippen LogP contribution >= 0.6 is 0 Å². The SMILES string of the molecule is C=C(CN)C1(C2(C)CC2)CC1. The van der Waals surface area contributed by atoms with Crippen molar-refractivity contribution in [3.05, 3.63) is 12.2 Å². The van der Waals surface area contributed by atoms with E-state index in [1.54, 1.807) is 0 Å². The molecule has 1 heteroatoms. The molecule has 0 aliphatic heterocycles. The van der Waals surface area contributed by atoms with Crippen molar-refractivity contribution in [3.8, 4) is 0 Å². The Morgan fingerprint density at radius 1 is 1.36 bits per heavy atom. The third kappa shape index (κ3) is 0.807. The van der Waals surface area contributed by atoms with Crippen molar-refractivity contribution in [1.29, 1.82) is 0 Å². The third-order valence-electron chi connectivity index (χ3n) is 3.83. The lowest BCUT2D eigenvalue weighted by Gasteiger charge is -2.24. The molecule has 1 nitrogen and oxygen atoms in total. The Kier molecular flexibility index (Phi) is 1.26. The molecule has 0 heterocycles. The standard InChI is InChI=1S/C10H17N/c1-8(7-11)10(5-6-10)9(2)3-4-9/h1,3-7,11H2,2H3. The maximum absolute atomic E-state index is 5.62. The molecule has 11 heavy (non-hydrogen) atoms. The molecule has 2 fully saturated rings. The average Bonchev–Trinajstić information content (AvgIpc) is 2.80. The molecule has 0 bridgehead atoms. The molecule has 0 spiro atoms. The van der Waals surface area contributed by atoms with Crippen LogP contribution in [0.3, 0.4) is 0 Å². The monoisotopic (exact) mass is 151 g/mol. The van der Waals surface area contributed by atoms with Crippen molar-refractivity contribution >= 4 is 0 Å². The van der Waals surface area contributed by atoms with Gasteiger partial charge in [0.1, 0.15) is 0 Å². The van der Waals surface area contributed by atoms with Crippen LogP contribution in [0.5, 0.6) is 0 Å². The summed E-state index contributed by atoms with van der Waals surface area (Å²) in [4.78, 5) is 0. The highest BCUT2D eigenvalue weighted by Gasteiger charge is 2.63. The highest BCUT2D eigenvalue weighted by Crippen LogP contribution is 2.72. The van der Waals surface area contributed by atoms with Gasteiger partial charge in [0.05, 0.1) is 0 Å². The van der Waals surface area contributed by atoms with Crippen LogP contribution in [0.15, 0.2) is 12.2 Å². The summed E-state index contributed by atoms with van der Waals surface area (Å²) in [6.45, 7) is 7.17. The smallest absolute Gasteiger partial charge is 0.0139 e. The molecule has 62 valence electrons. The first-order valence-electron chi connectivity index (χ1n) is 4.53. The summed E-state index contributed by atoms with van der Waals surface area (Å²) >= 11 is 0. The molecule has 0 atom stereocenters. The first-order valence-corrected chi connectivity index (χ1v) is 4.53. The van der Waals surface area contributed by atoms with Gasteiger partial charge < -0.3 is 5.73 Å². The molecule has 2 aliphatic carbocycles. The van der Waals surface area contributed by atoms with E-state index in [1.807, 2.05) is 0 Å². The molecule has 0 aromatic rings. The van der Waals surface area contributed by atoms with Crippen LogP contribution in [-0.2, 0) is 0 Å². The van der Waals surface area contributed by atoms with Crippen LogP contribution in [0.25, 0.3) is 0 Å². The van der Waals surface area contributed by atoms with Crippen LogP contribution in [0.2, 0.25) is 0 Å². The van der Waals surface area contributed by atoms with Gasteiger partial charge in [-0.3, -0.25) is 0 Å². The Balaban J connectivity index is 2.16. The van der Waals surface area contributed by atoms with E-state index in [-0.39, 0.29) is 0 Å². The van der Waals surface area contributed by atoms with E-state index < -0.39 is 0 Å². The summed E-state index contributed by atoms with van der Waals surface area (Å²) in [7, 11) is 0. The minimum atomic E-state index is 0.488. The molecule has 0 aromatic heterocycles. The summed E-state index contributed by atoms with van der Waals surface area (Å²) in [6.07, 6.45) is 5.48. The Hall–Kier alpha value is -0.300. The highest BCUT2D eigenvalue weighted by atomic mass is 14.7. The molecular weight excluding hydrogens is 134 g/mol. The van der Waals surface area contributed by atoms with Gasteiger partial charge in [-0.05, 0) is 36.5 Å². The van der Waals surface area contributed by atoms with E-state index in [1.165, 1.54) is 31.3 Å². The third-order valence-corrected chi connectivity index (χ3v) is 3.83. The van der Waals surface area contributed by atoms with E-state index in [9.17, 15) is 0 Å².